The van der Waals surface area contributed by atoms with Gasteiger partial charge in [-0.05, 0) is 18.6 Å². The molecule has 0 bridgehead atoms. The Kier molecular flexibility index (Phi) is 3.77. The highest BCUT2D eigenvalue weighted by atomic mass is 32.2. The van der Waals surface area contributed by atoms with E-state index in [0.717, 1.165) is 23.8 Å². The van der Waals surface area contributed by atoms with E-state index in [4.69, 9.17) is 0 Å². The van der Waals surface area contributed by atoms with Gasteiger partial charge in [-0.1, -0.05) is 36.9 Å². The maximum absolute atomic E-state index is 11.6. The van der Waals surface area contributed by atoms with Crippen LogP contribution in [0.15, 0.2) is 35.3 Å². The number of fused-ring (bicyclic) bond motifs is 1. The number of rotatable bonds is 3. The molecule has 2 aliphatic rings. The molecular weight excluding hydrogens is 292 g/mol. The summed E-state index contributed by atoms with van der Waals surface area (Å²) in [6.45, 7) is 3.05. The van der Waals surface area contributed by atoms with Crippen LogP contribution >= 0.6 is 11.8 Å². The van der Waals surface area contributed by atoms with Crippen molar-refractivity contribution >= 4 is 32.5 Å². The third-order valence-electron chi connectivity index (χ3n) is 3.55. The molecule has 0 N–H and O–H groups in total. The minimum absolute atomic E-state index is 0.0527. The van der Waals surface area contributed by atoms with Crippen LogP contribution in [-0.4, -0.2) is 42.9 Å². The number of sulfone groups is 1. The third-order valence-corrected chi connectivity index (χ3v) is 6.80. The second-order valence-electron chi connectivity index (χ2n) is 5.20. The van der Waals surface area contributed by atoms with Gasteiger partial charge in [-0.2, -0.15) is 0 Å². The van der Waals surface area contributed by atoms with Gasteiger partial charge in [-0.25, -0.2) is 8.42 Å². The van der Waals surface area contributed by atoms with Crippen LogP contribution in [-0.2, 0) is 9.84 Å². The molecule has 0 aliphatic carbocycles. The first-order chi connectivity index (χ1) is 9.59. The van der Waals surface area contributed by atoms with Gasteiger partial charge in [-0.3, -0.25) is 4.99 Å². The molecule has 0 radical (unpaired) electrons. The van der Waals surface area contributed by atoms with Gasteiger partial charge in [0.2, 0.25) is 0 Å². The number of para-hydroxylation sites is 1. The quantitative estimate of drug-likeness (QED) is 0.858. The highest BCUT2D eigenvalue weighted by molar-refractivity contribution is 8.15. The van der Waals surface area contributed by atoms with Crippen molar-refractivity contribution in [3.63, 3.8) is 0 Å². The minimum atomic E-state index is -2.88. The lowest BCUT2D eigenvalue weighted by Crippen LogP contribution is -2.29. The first kappa shape index (κ1) is 13.9. The van der Waals surface area contributed by atoms with Crippen LogP contribution in [0, 0.1) is 0 Å². The van der Waals surface area contributed by atoms with E-state index in [0.29, 0.717) is 0 Å². The zero-order chi connectivity index (χ0) is 14.2. The molecule has 2 aliphatic heterocycles. The van der Waals surface area contributed by atoms with Crippen LogP contribution in [0.4, 0.5) is 5.69 Å². The van der Waals surface area contributed by atoms with E-state index in [1.165, 1.54) is 0 Å². The molecule has 108 valence electrons. The Labute approximate surface area is 124 Å². The molecule has 0 spiro atoms. The molecule has 1 fully saturated rings. The van der Waals surface area contributed by atoms with Crippen molar-refractivity contribution in [2.75, 3.05) is 23.0 Å². The molecule has 6 heteroatoms. The Morgan fingerprint density at radius 2 is 2.05 bits per heavy atom. The molecule has 2 atom stereocenters. The van der Waals surface area contributed by atoms with Gasteiger partial charge in [0.15, 0.2) is 15.0 Å². The first-order valence-electron chi connectivity index (χ1n) is 6.86. The number of benzene rings is 1. The maximum atomic E-state index is 11.6. The molecule has 1 aromatic rings. The fourth-order valence-corrected chi connectivity index (χ4v) is 6.44. The number of hydrogen-bond acceptors (Lipinski definition) is 5. The van der Waals surface area contributed by atoms with Crippen molar-refractivity contribution in [2.24, 2.45) is 4.99 Å². The summed E-state index contributed by atoms with van der Waals surface area (Å²) >= 11 is 1.62. The Morgan fingerprint density at radius 3 is 2.70 bits per heavy atom. The number of anilines is 1. The van der Waals surface area contributed by atoms with E-state index < -0.39 is 9.84 Å². The minimum Gasteiger partial charge on any atom is -0.321 e. The van der Waals surface area contributed by atoms with E-state index >= 15 is 0 Å². The summed E-state index contributed by atoms with van der Waals surface area (Å²) in [6, 6.07) is 10.1. The van der Waals surface area contributed by atoms with Crippen LogP contribution in [0.25, 0.3) is 0 Å². The Bertz CT molecular complexity index is 613. The second-order valence-corrected chi connectivity index (χ2v) is 8.56. The maximum Gasteiger partial charge on any atom is 0.164 e. The molecule has 20 heavy (non-hydrogen) atoms. The highest BCUT2D eigenvalue weighted by Crippen LogP contribution is 2.36. The lowest BCUT2D eigenvalue weighted by atomic mass is 10.3. The number of amidine groups is 1. The molecule has 3 rings (SSSR count). The van der Waals surface area contributed by atoms with E-state index in [1.54, 1.807) is 11.8 Å². The van der Waals surface area contributed by atoms with E-state index in [-0.39, 0.29) is 22.8 Å². The normalized spacial score (nSPS) is 27.1. The summed E-state index contributed by atoms with van der Waals surface area (Å²) in [5, 5.41) is 1.08. The molecular formula is C14H18N2O2S2. The third kappa shape index (κ3) is 2.72. The molecule has 1 saturated heterocycles. The molecule has 0 unspecified atom stereocenters. The van der Waals surface area contributed by atoms with E-state index in [9.17, 15) is 8.42 Å². The highest BCUT2D eigenvalue weighted by Gasteiger charge is 2.43. The summed E-state index contributed by atoms with van der Waals surface area (Å²) < 4.78 is 23.2. The Morgan fingerprint density at radius 1 is 1.30 bits per heavy atom. The number of nitrogens with zero attached hydrogens (tertiary/aromatic N) is 2. The van der Waals surface area contributed by atoms with E-state index in [2.05, 4.69) is 28.9 Å². The molecule has 0 amide bonds. The summed E-state index contributed by atoms with van der Waals surface area (Å²) in [7, 11) is -2.88. The van der Waals surface area contributed by atoms with Crippen LogP contribution in [0.5, 0.6) is 0 Å². The molecule has 4 nitrogen and oxygen atoms in total. The van der Waals surface area contributed by atoms with Crippen LogP contribution < -0.4 is 4.90 Å². The van der Waals surface area contributed by atoms with Crippen LogP contribution in [0.3, 0.4) is 0 Å². The van der Waals surface area contributed by atoms with Crippen molar-refractivity contribution in [3.8, 4) is 0 Å². The summed E-state index contributed by atoms with van der Waals surface area (Å²) in [5.74, 6) is 0.479. The molecule has 0 saturated carbocycles. The van der Waals surface area contributed by atoms with Gasteiger partial charge in [0.05, 0.1) is 17.5 Å². The lowest BCUT2D eigenvalue weighted by molar-refractivity contribution is 0.601. The van der Waals surface area contributed by atoms with Crippen molar-refractivity contribution < 1.29 is 8.42 Å². The number of aliphatic imine (C=N–C) groups is 1. The zero-order valence-corrected chi connectivity index (χ0v) is 13.0. The number of thioether (sulfide) groups is 1. The average Bonchev–Trinajstić information content (AvgIpc) is 2.90. The van der Waals surface area contributed by atoms with Crippen molar-refractivity contribution in [2.45, 2.75) is 24.6 Å². The number of hydrogen-bond donors (Lipinski definition) is 0. The topological polar surface area (TPSA) is 49.7 Å². The van der Waals surface area contributed by atoms with Crippen molar-refractivity contribution in [1.82, 2.24) is 0 Å². The van der Waals surface area contributed by atoms with Gasteiger partial charge in [-0.15, -0.1) is 0 Å². The largest absolute Gasteiger partial charge is 0.321 e. The predicted molar refractivity (Wildman–Crippen MR) is 85.3 cm³/mol. The summed E-state index contributed by atoms with van der Waals surface area (Å²) in [5.41, 5.74) is 1.13. The Hall–Kier alpha value is -1.01. The fourth-order valence-electron chi connectivity index (χ4n) is 2.64. The van der Waals surface area contributed by atoms with E-state index in [1.807, 2.05) is 18.2 Å². The van der Waals surface area contributed by atoms with Crippen molar-refractivity contribution in [3.05, 3.63) is 30.3 Å². The van der Waals surface area contributed by atoms with Gasteiger partial charge < -0.3 is 4.90 Å². The lowest BCUT2D eigenvalue weighted by Gasteiger charge is -2.23. The standard InChI is InChI=1S/C14H18N2O2S2/c1-2-8-16(11-6-4-3-5-7-11)14-15-12-9-20(17,18)10-13(12)19-14/h3-7,12-13H,2,8-10H2,1H3/t12-,13-/m1/s1. The van der Waals surface area contributed by atoms with Gasteiger partial charge >= 0.3 is 0 Å². The molecule has 1 aromatic carbocycles. The van der Waals surface area contributed by atoms with Gasteiger partial charge in [0.1, 0.15) is 0 Å². The summed E-state index contributed by atoms with van der Waals surface area (Å²) in [6.07, 6.45) is 1.03. The monoisotopic (exact) mass is 310 g/mol. The second kappa shape index (κ2) is 5.41. The average molecular weight is 310 g/mol. The fraction of sp³-hybridized carbons (Fsp3) is 0.500. The smallest absolute Gasteiger partial charge is 0.164 e. The molecule has 0 aromatic heterocycles. The Balaban J connectivity index is 1.84. The first-order valence-corrected chi connectivity index (χ1v) is 9.56. The molecule has 2 heterocycles. The van der Waals surface area contributed by atoms with Crippen LogP contribution in [0.1, 0.15) is 13.3 Å². The predicted octanol–water partition coefficient (Wildman–Crippen LogP) is 2.17. The van der Waals surface area contributed by atoms with Gasteiger partial charge in [0, 0.05) is 17.5 Å². The van der Waals surface area contributed by atoms with Gasteiger partial charge in [0.25, 0.3) is 0 Å². The SMILES string of the molecule is CCCN(C1=N[C@@H]2CS(=O)(=O)C[C@H]2S1)c1ccccc1. The summed E-state index contributed by atoms with van der Waals surface area (Å²) in [4.78, 5) is 6.87. The van der Waals surface area contributed by atoms with Crippen LogP contribution in [0.2, 0.25) is 0 Å². The van der Waals surface area contributed by atoms with Crippen molar-refractivity contribution in [1.29, 1.82) is 0 Å². The zero-order valence-electron chi connectivity index (χ0n) is 11.4.